The first-order valence-corrected chi connectivity index (χ1v) is 6.01. The zero-order valence-electron chi connectivity index (χ0n) is 9.98. The first kappa shape index (κ1) is 15.8. The first-order valence-electron chi connectivity index (χ1n) is 5.26. The topological polar surface area (TPSA) is 102 Å². The molecule has 0 bridgehead atoms. The zero-order chi connectivity index (χ0) is 15.1. The zero-order valence-corrected chi connectivity index (χ0v) is 11.5. The van der Waals surface area contributed by atoms with Gasteiger partial charge in [0.2, 0.25) is 0 Å². The molecule has 20 heavy (non-hydrogen) atoms. The second-order valence-electron chi connectivity index (χ2n) is 3.52. The molecule has 1 aromatic rings. The van der Waals surface area contributed by atoms with E-state index >= 15 is 0 Å². The van der Waals surface area contributed by atoms with Crippen molar-refractivity contribution in [1.82, 2.24) is 5.32 Å². The number of carboxylic acid groups (broad SMARTS) is 1. The fourth-order valence-corrected chi connectivity index (χ4v) is 1.51. The third-order valence-electron chi connectivity index (χ3n) is 2.04. The number of hydrogen-bond acceptors (Lipinski definition) is 4. The number of carbonyl (C=O) groups is 2. The number of anilines is 1. The number of amides is 1. The van der Waals surface area contributed by atoms with Crippen molar-refractivity contribution in [2.45, 2.75) is 0 Å². The van der Waals surface area contributed by atoms with Crippen molar-refractivity contribution >= 4 is 40.8 Å². The van der Waals surface area contributed by atoms with E-state index in [-0.39, 0.29) is 16.3 Å². The maximum absolute atomic E-state index is 11.8. The molecular formula is C12H9Cl2N3O3. The summed E-state index contributed by atoms with van der Waals surface area (Å²) in [4.78, 5) is 22.1. The van der Waals surface area contributed by atoms with E-state index in [9.17, 15) is 9.59 Å². The number of halogens is 2. The van der Waals surface area contributed by atoms with Gasteiger partial charge in [0.05, 0.1) is 10.7 Å². The van der Waals surface area contributed by atoms with Crippen LogP contribution in [0.15, 0.2) is 30.0 Å². The quantitative estimate of drug-likeness (QED) is 0.570. The van der Waals surface area contributed by atoms with Crippen LogP contribution in [0.5, 0.6) is 0 Å². The second-order valence-corrected chi connectivity index (χ2v) is 4.37. The minimum absolute atomic E-state index is 0.253. The number of carbonyl (C=O) groups excluding carboxylic acids is 1. The summed E-state index contributed by atoms with van der Waals surface area (Å²) in [6, 6.07) is 6.13. The normalized spacial score (nSPS) is 10.6. The predicted molar refractivity (Wildman–Crippen MR) is 74.4 cm³/mol. The molecule has 0 saturated heterocycles. The Balaban J connectivity index is 2.80. The Bertz CT molecular complexity index is 608. The van der Waals surface area contributed by atoms with Crippen molar-refractivity contribution in [3.05, 3.63) is 40.0 Å². The maximum Gasteiger partial charge on any atom is 0.322 e. The molecule has 0 fully saturated rings. The molecule has 3 N–H and O–H groups in total. The van der Waals surface area contributed by atoms with Crippen LogP contribution in [-0.4, -0.2) is 23.5 Å². The highest BCUT2D eigenvalue weighted by molar-refractivity contribution is 6.35. The molecule has 1 rings (SSSR count). The fraction of sp³-hybridized carbons (Fsp3) is 0.0833. The third kappa shape index (κ3) is 4.80. The standard InChI is InChI=1S/C12H9Cl2N3O3/c13-8-1-2-9(14)10(3-8)17-12(20)7(4-15)5-16-6-11(18)19/h1-3,5,16H,6H2,(H,17,20)(H,18,19)/b7-5-. The SMILES string of the molecule is N#C/C(=C/NCC(=O)O)C(=O)Nc1cc(Cl)ccc1Cl. The van der Waals surface area contributed by atoms with E-state index < -0.39 is 18.4 Å². The van der Waals surface area contributed by atoms with Gasteiger partial charge in [0.15, 0.2) is 0 Å². The van der Waals surface area contributed by atoms with Gasteiger partial charge in [0.25, 0.3) is 5.91 Å². The molecule has 0 heterocycles. The van der Waals surface area contributed by atoms with Crippen molar-refractivity contribution in [2.24, 2.45) is 0 Å². The molecule has 0 aliphatic rings. The van der Waals surface area contributed by atoms with Gasteiger partial charge in [-0.2, -0.15) is 5.26 Å². The van der Waals surface area contributed by atoms with Gasteiger partial charge in [-0.1, -0.05) is 23.2 Å². The minimum Gasteiger partial charge on any atom is -0.480 e. The molecule has 1 amide bonds. The summed E-state index contributed by atoms with van der Waals surface area (Å²) < 4.78 is 0. The average Bonchev–Trinajstić information content (AvgIpc) is 2.38. The molecule has 0 aliphatic heterocycles. The molecule has 1 aromatic carbocycles. The van der Waals surface area contributed by atoms with E-state index in [0.29, 0.717) is 5.02 Å². The second kappa shape index (κ2) is 7.38. The molecule has 8 heteroatoms. The van der Waals surface area contributed by atoms with Crippen LogP contribution in [0.3, 0.4) is 0 Å². The number of nitrogens with one attached hydrogen (secondary N) is 2. The third-order valence-corrected chi connectivity index (χ3v) is 2.61. The van der Waals surface area contributed by atoms with Crippen LogP contribution in [-0.2, 0) is 9.59 Å². The molecule has 0 unspecified atom stereocenters. The molecule has 0 atom stereocenters. The van der Waals surface area contributed by atoms with Gasteiger partial charge < -0.3 is 15.7 Å². The van der Waals surface area contributed by atoms with Gasteiger partial charge in [-0.05, 0) is 18.2 Å². The van der Waals surface area contributed by atoms with Crippen LogP contribution < -0.4 is 10.6 Å². The number of aliphatic carboxylic acids is 1. The summed E-state index contributed by atoms with van der Waals surface area (Å²) in [6.07, 6.45) is 1.02. The lowest BCUT2D eigenvalue weighted by Gasteiger charge is -2.07. The Kier molecular flexibility index (Phi) is 5.84. The van der Waals surface area contributed by atoms with Crippen molar-refractivity contribution < 1.29 is 14.7 Å². The Morgan fingerprint density at radius 1 is 1.40 bits per heavy atom. The Labute approximate surface area is 124 Å². The fourth-order valence-electron chi connectivity index (χ4n) is 1.17. The summed E-state index contributed by atoms with van der Waals surface area (Å²) in [5.74, 6) is -1.84. The molecule has 0 aromatic heterocycles. The smallest absolute Gasteiger partial charge is 0.322 e. The summed E-state index contributed by atoms with van der Waals surface area (Å²) >= 11 is 11.6. The van der Waals surface area contributed by atoms with Crippen molar-refractivity contribution in [3.8, 4) is 6.07 Å². The van der Waals surface area contributed by atoms with E-state index in [1.54, 1.807) is 12.1 Å². The number of nitrogens with zero attached hydrogens (tertiary/aromatic N) is 1. The van der Waals surface area contributed by atoms with Crippen LogP contribution in [0.4, 0.5) is 5.69 Å². The van der Waals surface area contributed by atoms with Crippen molar-refractivity contribution in [1.29, 1.82) is 5.26 Å². The highest BCUT2D eigenvalue weighted by Gasteiger charge is 2.11. The van der Waals surface area contributed by atoms with Crippen LogP contribution in [0.1, 0.15) is 0 Å². The highest BCUT2D eigenvalue weighted by atomic mass is 35.5. The van der Waals surface area contributed by atoms with E-state index in [0.717, 1.165) is 6.20 Å². The summed E-state index contributed by atoms with van der Waals surface area (Å²) in [5, 5.41) is 22.6. The number of nitriles is 1. The molecular weight excluding hydrogens is 305 g/mol. The van der Waals surface area contributed by atoms with E-state index in [2.05, 4.69) is 10.6 Å². The lowest BCUT2D eigenvalue weighted by Crippen LogP contribution is -2.20. The van der Waals surface area contributed by atoms with E-state index in [1.807, 2.05) is 0 Å². The summed E-state index contributed by atoms with van der Waals surface area (Å²) in [6.45, 7) is -0.406. The molecule has 0 aliphatic carbocycles. The lowest BCUT2D eigenvalue weighted by atomic mass is 10.2. The van der Waals surface area contributed by atoms with Crippen LogP contribution in [0.2, 0.25) is 10.0 Å². The van der Waals surface area contributed by atoms with Gasteiger partial charge in [0, 0.05) is 11.2 Å². The van der Waals surface area contributed by atoms with Crippen molar-refractivity contribution in [3.63, 3.8) is 0 Å². The molecule has 0 saturated carbocycles. The lowest BCUT2D eigenvalue weighted by molar-refractivity contribution is -0.135. The number of rotatable bonds is 5. The Morgan fingerprint density at radius 3 is 2.70 bits per heavy atom. The number of carboxylic acids is 1. The highest BCUT2D eigenvalue weighted by Crippen LogP contribution is 2.25. The van der Waals surface area contributed by atoms with Crippen LogP contribution in [0, 0.1) is 11.3 Å². The van der Waals surface area contributed by atoms with Gasteiger partial charge >= 0.3 is 5.97 Å². The van der Waals surface area contributed by atoms with Gasteiger partial charge in [-0.25, -0.2) is 0 Å². The predicted octanol–water partition coefficient (Wildman–Crippen LogP) is 2.01. The van der Waals surface area contributed by atoms with E-state index in [4.69, 9.17) is 33.6 Å². The monoisotopic (exact) mass is 313 g/mol. The van der Waals surface area contributed by atoms with Gasteiger partial charge in [0.1, 0.15) is 18.2 Å². The first-order chi connectivity index (χ1) is 9.43. The molecule has 104 valence electrons. The van der Waals surface area contributed by atoms with Crippen LogP contribution >= 0.6 is 23.2 Å². The average molecular weight is 314 g/mol. The molecule has 0 spiro atoms. The summed E-state index contributed by atoms with van der Waals surface area (Å²) in [7, 11) is 0. The van der Waals surface area contributed by atoms with Crippen molar-refractivity contribution in [2.75, 3.05) is 11.9 Å². The number of hydrogen-bond donors (Lipinski definition) is 3. The largest absolute Gasteiger partial charge is 0.480 e. The summed E-state index contributed by atoms with van der Waals surface area (Å²) in [5.41, 5.74) is -0.0363. The number of benzene rings is 1. The Hall–Kier alpha value is -2.23. The van der Waals surface area contributed by atoms with Gasteiger partial charge in [-0.15, -0.1) is 0 Å². The molecule has 0 radical (unpaired) electrons. The maximum atomic E-state index is 11.8. The Morgan fingerprint density at radius 2 is 2.10 bits per heavy atom. The molecule has 6 nitrogen and oxygen atoms in total. The van der Waals surface area contributed by atoms with Gasteiger partial charge in [-0.3, -0.25) is 9.59 Å². The van der Waals surface area contributed by atoms with Crippen LogP contribution in [0.25, 0.3) is 0 Å². The minimum atomic E-state index is -1.11. The van der Waals surface area contributed by atoms with E-state index in [1.165, 1.54) is 12.1 Å².